The van der Waals surface area contributed by atoms with Crippen LogP contribution in [0.25, 0.3) is 0 Å². The number of benzene rings is 1. The molecule has 1 atom stereocenters. The minimum Gasteiger partial charge on any atom is -0.497 e. The van der Waals surface area contributed by atoms with Crippen molar-refractivity contribution in [3.63, 3.8) is 0 Å². The third-order valence-corrected chi connectivity index (χ3v) is 4.71. The van der Waals surface area contributed by atoms with Gasteiger partial charge in [0, 0.05) is 0 Å². The van der Waals surface area contributed by atoms with E-state index in [1.54, 1.807) is 20.1 Å². The van der Waals surface area contributed by atoms with E-state index in [0.29, 0.717) is 12.4 Å². The van der Waals surface area contributed by atoms with Gasteiger partial charge in [0.05, 0.1) is 13.8 Å². The molecular formula is C17H23N3O3. The fourth-order valence-electron chi connectivity index (χ4n) is 3.26. The van der Waals surface area contributed by atoms with Gasteiger partial charge in [-0.05, 0) is 50.6 Å². The Balaban J connectivity index is 1.81. The Morgan fingerprint density at radius 3 is 2.65 bits per heavy atom. The van der Waals surface area contributed by atoms with Gasteiger partial charge < -0.3 is 10.1 Å². The summed E-state index contributed by atoms with van der Waals surface area (Å²) < 4.78 is 5.22. The maximum atomic E-state index is 12.9. The van der Waals surface area contributed by atoms with Crippen molar-refractivity contribution in [3.05, 3.63) is 29.8 Å². The van der Waals surface area contributed by atoms with E-state index in [9.17, 15) is 9.59 Å². The van der Waals surface area contributed by atoms with Gasteiger partial charge in [-0.25, -0.2) is 9.69 Å². The Labute approximate surface area is 136 Å². The van der Waals surface area contributed by atoms with Crippen LogP contribution in [0.1, 0.15) is 31.7 Å². The van der Waals surface area contributed by atoms with Crippen LogP contribution in [0.5, 0.6) is 5.75 Å². The highest BCUT2D eigenvalue weighted by atomic mass is 16.5. The fourth-order valence-corrected chi connectivity index (χ4v) is 3.26. The van der Waals surface area contributed by atoms with Crippen LogP contribution < -0.4 is 10.1 Å². The number of methoxy groups -OCH3 is 1. The molecule has 6 heteroatoms. The average molecular weight is 317 g/mol. The van der Waals surface area contributed by atoms with Gasteiger partial charge in [0.25, 0.3) is 5.91 Å². The smallest absolute Gasteiger partial charge is 0.326 e. The van der Waals surface area contributed by atoms with Gasteiger partial charge in [0.15, 0.2) is 0 Å². The summed E-state index contributed by atoms with van der Waals surface area (Å²) >= 11 is 0. The summed E-state index contributed by atoms with van der Waals surface area (Å²) in [4.78, 5) is 28.7. The standard InChI is InChI=1S/C17H23N3O3/c1-17(13-7-6-8-14(11-13)23-2)15(21)20(16(22)18-17)12-19-9-4-3-5-10-19/h6-8,11H,3-5,9-10,12H2,1-2H3,(H,18,22)/t17-/m1/s1. The number of hydrogen-bond donors (Lipinski definition) is 1. The number of hydrogen-bond acceptors (Lipinski definition) is 4. The van der Waals surface area contributed by atoms with Gasteiger partial charge >= 0.3 is 6.03 Å². The Bertz CT molecular complexity index is 613. The predicted octanol–water partition coefficient (Wildman–Crippen LogP) is 1.91. The Morgan fingerprint density at radius 2 is 1.96 bits per heavy atom. The zero-order chi connectivity index (χ0) is 16.4. The number of nitrogens with zero attached hydrogens (tertiary/aromatic N) is 2. The minimum atomic E-state index is -1.04. The van der Waals surface area contributed by atoms with E-state index in [1.165, 1.54) is 11.3 Å². The van der Waals surface area contributed by atoms with Crippen LogP contribution >= 0.6 is 0 Å². The molecule has 0 spiro atoms. The highest BCUT2D eigenvalue weighted by Crippen LogP contribution is 2.31. The molecule has 0 saturated carbocycles. The second-order valence-corrected chi connectivity index (χ2v) is 6.34. The molecule has 0 bridgehead atoms. The van der Waals surface area contributed by atoms with Crippen LogP contribution in [0.15, 0.2) is 24.3 Å². The molecule has 2 saturated heterocycles. The lowest BCUT2D eigenvalue weighted by Crippen LogP contribution is -2.45. The van der Waals surface area contributed by atoms with Gasteiger partial charge in [0.2, 0.25) is 0 Å². The van der Waals surface area contributed by atoms with E-state index in [1.807, 2.05) is 18.2 Å². The first kappa shape index (κ1) is 15.8. The highest BCUT2D eigenvalue weighted by molar-refractivity contribution is 6.07. The quantitative estimate of drug-likeness (QED) is 0.862. The molecule has 2 heterocycles. The summed E-state index contributed by atoms with van der Waals surface area (Å²) in [5.41, 5.74) is -0.308. The largest absolute Gasteiger partial charge is 0.497 e. The van der Waals surface area contributed by atoms with Crippen LogP contribution in [0.3, 0.4) is 0 Å². The van der Waals surface area contributed by atoms with E-state index in [2.05, 4.69) is 10.2 Å². The molecule has 2 aliphatic heterocycles. The maximum absolute atomic E-state index is 12.9. The van der Waals surface area contributed by atoms with Crippen LogP contribution in [-0.2, 0) is 10.3 Å². The molecule has 2 aliphatic rings. The summed E-state index contributed by atoms with van der Waals surface area (Å²) in [6.45, 7) is 3.99. The molecule has 0 radical (unpaired) electrons. The van der Waals surface area contributed by atoms with Gasteiger partial charge in [-0.15, -0.1) is 0 Å². The minimum absolute atomic E-state index is 0.207. The van der Waals surface area contributed by atoms with Crippen LogP contribution in [0.4, 0.5) is 4.79 Å². The van der Waals surface area contributed by atoms with Gasteiger partial charge in [-0.1, -0.05) is 18.6 Å². The van der Waals surface area contributed by atoms with E-state index in [-0.39, 0.29) is 11.9 Å². The van der Waals surface area contributed by atoms with Crippen molar-refractivity contribution in [3.8, 4) is 5.75 Å². The van der Waals surface area contributed by atoms with E-state index in [0.717, 1.165) is 31.5 Å². The first-order valence-corrected chi connectivity index (χ1v) is 8.05. The van der Waals surface area contributed by atoms with Crippen molar-refractivity contribution < 1.29 is 14.3 Å². The molecule has 23 heavy (non-hydrogen) atoms. The molecule has 0 aromatic heterocycles. The molecule has 1 aromatic carbocycles. The topological polar surface area (TPSA) is 61.9 Å². The lowest BCUT2D eigenvalue weighted by atomic mass is 9.92. The summed E-state index contributed by atoms with van der Waals surface area (Å²) in [5.74, 6) is 0.460. The number of nitrogens with one attached hydrogen (secondary N) is 1. The van der Waals surface area contributed by atoms with E-state index < -0.39 is 5.54 Å². The zero-order valence-electron chi connectivity index (χ0n) is 13.7. The number of likely N-dealkylation sites (tertiary alicyclic amines) is 1. The monoisotopic (exact) mass is 317 g/mol. The molecular weight excluding hydrogens is 294 g/mol. The fraction of sp³-hybridized carbons (Fsp3) is 0.529. The summed E-state index contributed by atoms with van der Waals surface area (Å²) in [6, 6.07) is 6.95. The van der Waals surface area contributed by atoms with E-state index >= 15 is 0 Å². The van der Waals surface area contributed by atoms with Crippen LogP contribution in [0, 0.1) is 0 Å². The Morgan fingerprint density at radius 1 is 1.22 bits per heavy atom. The predicted molar refractivity (Wildman–Crippen MR) is 86.0 cm³/mol. The first-order valence-electron chi connectivity index (χ1n) is 8.05. The lowest BCUT2D eigenvalue weighted by Gasteiger charge is -2.30. The second-order valence-electron chi connectivity index (χ2n) is 6.34. The zero-order valence-corrected chi connectivity index (χ0v) is 13.7. The number of imide groups is 1. The van der Waals surface area contributed by atoms with Crippen molar-refractivity contribution in [1.82, 2.24) is 15.1 Å². The number of carbonyl (C=O) groups excluding carboxylic acids is 2. The van der Waals surface area contributed by atoms with Crippen molar-refractivity contribution in [1.29, 1.82) is 0 Å². The van der Waals surface area contributed by atoms with E-state index in [4.69, 9.17) is 4.74 Å². The molecule has 1 N–H and O–H groups in total. The number of ether oxygens (including phenoxy) is 1. The molecule has 0 aliphatic carbocycles. The SMILES string of the molecule is COc1cccc([C@@]2(C)NC(=O)N(CN3CCCCC3)C2=O)c1. The highest BCUT2D eigenvalue weighted by Gasteiger charge is 2.49. The number of carbonyl (C=O) groups is 2. The molecule has 1 aromatic rings. The van der Waals surface area contributed by atoms with Crippen molar-refractivity contribution in [2.24, 2.45) is 0 Å². The Kier molecular flexibility index (Phi) is 4.26. The van der Waals surface area contributed by atoms with Crippen LogP contribution in [0.2, 0.25) is 0 Å². The molecule has 3 amide bonds. The van der Waals surface area contributed by atoms with Crippen LogP contribution in [-0.4, -0.2) is 48.6 Å². The number of piperidine rings is 1. The van der Waals surface area contributed by atoms with Crippen molar-refractivity contribution in [2.75, 3.05) is 26.9 Å². The summed E-state index contributed by atoms with van der Waals surface area (Å²) in [7, 11) is 1.58. The first-order chi connectivity index (χ1) is 11.0. The number of amides is 3. The molecule has 124 valence electrons. The molecule has 0 unspecified atom stereocenters. The maximum Gasteiger partial charge on any atom is 0.326 e. The van der Waals surface area contributed by atoms with Gasteiger partial charge in [0.1, 0.15) is 11.3 Å². The van der Waals surface area contributed by atoms with Gasteiger partial charge in [-0.3, -0.25) is 9.69 Å². The van der Waals surface area contributed by atoms with Crippen molar-refractivity contribution >= 4 is 11.9 Å². The second kappa shape index (κ2) is 6.20. The molecule has 3 rings (SSSR count). The van der Waals surface area contributed by atoms with Gasteiger partial charge in [-0.2, -0.15) is 0 Å². The summed E-state index contributed by atoms with van der Waals surface area (Å²) in [5, 5.41) is 2.84. The number of urea groups is 1. The lowest BCUT2D eigenvalue weighted by molar-refractivity contribution is -0.132. The third kappa shape index (κ3) is 2.91. The molecule has 6 nitrogen and oxygen atoms in total. The average Bonchev–Trinajstić information content (AvgIpc) is 2.80. The third-order valence-electron chi connectivity index (χ3n) is 4.71. The Hall–Kier alpha value is -2.08. The molecule has 2 fully saturated rings. The number of rotatable bonds is 4. The summed E-state index contributed by atoms with van der Waals surface area (Å²) in [6.07, 6.45) is 3.46. The van der Waals surface area contributed by atoms with Crippen molar-refractivity contribution in [2.45, 2.75) is 31.7 Å². The normalized spacial score (nSPS) is 25.6.